The van der Waals surface area contributed by atoms with Crippen LogP contribution < -0.4 is 5.32 Å². The van der Waals surface area contributed by atoms with Gasteiger partial charge in [0.05, 0.1) is 0 Å². The molecule has 2 amide bonds. The molecule has 3 rings (SSSR count). The Labute approximate surface area is 211 Å². The van der Waals surface area contributed by atoms with E-state index in [9.17, 15) is 9.59 Å². The van der Waals surface area contributed by atoms with E-state index < -0.39 is 6.04 Å². The van der Waals surface area contributed by atoms with Crippen LogP contribution in [0.3, 0.4) is 0 Å². The summed E-state index contributed by atoms with van der Waals surface area (Å²) in [5.74, 6) is 0.749. The Bertz CT molecular complexity index is 917. The largest absolute Gasteiger partial charge is 0.352 e. The van der Waals surface area contributed by atoms with Gasteiger partial charge in [-0.15, -0.1) is 11.8 Å². The van der Waals surface area contributed by atoms with E-state index in [2.05, 4.69) is 5.32 Å². The van der Waals surface area contributed by atoms with Crippen LogP contribution in [0.5, 0.6) is 0 Å². The van der Waals surface area contributed by atoms with Crippen LogP contribution in [0.2, 0.25) is 10.0 Å². The van der Waals surface area contributed by atoms with Gasteiger partial charge in [-0.1, -0.05) is 61.2 Å². The van der Waals surface area contributed by atoms with Crippen LogP contribution in [0.1, 0.15) is 57.4 Å². The highest BCUT2D eigenvalue weighted by molar-refractivity contribution is 7.99. The summed E-state index contributed by atoms with van der Waals surface area (Å²) in [7, 11) is 0. The van der Waals surface area contributed by atoms with Gasteiger partial charge in [-0.2, -0.15) is 0 Å². The molecular formula is C26H32Cl2N2O2S. The molecule has 0 aromatic heterocycles. The first-order valence-corrected chi connectivity index (χ1v) is 13.4. The topological polar surface area (TPSA) is 49.4 Å². The molecule has 2 aromatic carbocycles. The average Bonchev–Trinajstić information content (AvgIpc) is 3.32. The Morgan fingerprint density at radius 1 is 1.09 bits per heavy atom. The van der Waals surface area contributed by atoms with Crippen molar-refractivity contribution in [1.29, 1.82) is 0 Å². The molecule has 0 unspecified atom stereocenters. The SMILES string of the molecule is CC[C@H](C(=O)NC1CCCC1)N(Cc1ccccc1Cl)C(=O)CCCSc1ccc(Cl)cc1. The van der Waals surface area contributed by atoms with Gasteiger partial charge in [0.15, 0.2) is 0 Å². The molecule has 178 valence electrons. The Hall–Kier alpha value is -1.69. The van der Waals surface area contributed by atoms with Gasteiger partial charge in [0.2, 0.25) is 11.8 Å². The number of thioether (sulfide) groups is 1. The molecule has 1 N–H and O–H groups in total. The predicted molar refractivity (Wildman–Crippen MR) is 138 cm³/mol. The van der Waals surface area contributed by atoms with Crippen LogP contribution >= 0.6 is 35.0 Å². The first kappa shape index (κ1) is 25.9. The minimum Gasteiger partial charge on any atom is -0.352 e. The zero-order valence-corrected chi connectivity index (χ0v) is 21.4. The molecule has 0 radical (unpaired) electrons. The lowest BCUT2D eigenvalue weighted by Crippen LogP contribution is -2.50. The highest BCUT2D eigenvalue weighted by Crippen LogP contribution is 2.24. The van der Waals surface area contributed by atoms with Crippen molar-refractivity contribution in [1.82, 2.24) is 10.2 Å². The van der Waals surface area contributed by atoms with Crippen molar-refractivity contribution in [3.8, 4) is 0 Å². The summed E-state index contributed by atoms with van der Waals surface area (Å²) in [6.07, 6.45) is 6.01. The summed E-state index contributed by atoms with van der Waals surface area (Å²) in [5.41, 5.74) is 0.857. The monoisotopic (exact) mass is 506 g/mol. The Kier molecular flexibility index (Phi) is 10.4. The van der Waals surface area contributed by atoms with Crippen LogP contribution in [0.4, 0.5) is 0 Å². The molecule has 1 aliphatic carbocycles. The number of hydrogen-bond acceptors (Lipinski definition) is 3. The first-order valence-electron chi connectivity index (χ1n) is 11.7. The zero-order chi connectivity index (χ0) is 23.6. The maximum Gasteiger partial charge on any atom is 0.243 e. The van der Waals surface area contributed by atoms with E-state index in [0.717, 1.165) is 48.3 Å². The molecule has 33 heavy (non-hydrogen) atoms. The Morgan fingerprint density at radius 2 is 1.79 bits per heavy atom. The number of halogens is 2. The Morgan fingerprint density at radius 3 is 2.45 bits per heavy atom. The fourth-order valence-corrected chi connectivity index (χ4v) is 5.36. The van der Waals surface area contributed by atoms with Gasteiger partial charge in [0.1, 0.15) is 6.04 Å². The fourth-order valence-electron chi connectivity index (χ4n) is 4.19. The molecule has 1 aliphatic rings. The number of rotatable bonds is 11. The molecule has 0 bridgehead atoms. The molecule has 0 saturated heterocycles. The third kappa shape index (κ3) is 7.94. The number of carbonyl (C=O) groups excluding carboxylic acids is 2. The number of nitrogens with one attached hydrogen (secondary N) is 1. The van der Waals surface area contributed by atoms with Crippen molar-refractivity contribution in [3.05, 3.63) is 64.1 Å². The zero-order valence-electron chi connectivity index (χ0n) is 19.1. The van der Waals surface area contributed by atoms with E-state index in [0.29, 0.717) is 29.4 Å². The Balaban J connectivity index is 1.65. The molecule has 7 heteroatoms. The number of carbonyl (C=O) groups is 2. The summed E-state index contributed by atoms with van der Waals surface area (Å²) >= 11 is 14.0. The standard InChI is InChI=1S/C26H32Cl2N2O2S/c1-2-24(26(32)29-21-9-4-5-10-21)30(18-19-8-3-6-11-23(19)28)25(31)12-7-17-33-22-15-13-20(27)14-16-22/h3,6,8,11,13-16,21,24H,2,4-5,7,9-10,12,17-18H2,1H3,(H,29,32)/t24-/m1/s1. The highest BCUT2D eigenvalue weighted by Gasteiger charge is 2.30. The average molecular weight is 508 g/mol. The molecule has 4 nitrogen and oxygen atoms in total. The van der Waals surface area contributed by atoms with Gasteiger partial charge in [-0.05, 0) is 67.3 Å². The van der Waals surface area contributed by atoms with E-state index in [1.165, 1.54) is 0 Å². The maximum atomic E-state index is 13.3. The quantitative estimate of drug-likeness (QED) is 0.271. The van der Waals surface area contributed by atoms with Gasteiger partial charge >= 0.3 is 0 Å². The third-order valence-electron chi connectivity index (χ3n) is 6.00. The molecular weight excluding hydrogens is 475 g/mol. The third-order valence-corrected chi connectivity index (χ3v) is 7.72. The number of nitrogens with zero attached hydrogens (tertiary/aromatic N) is 1. The second kappa shape index (κ2) is 13.3. The summed E-state index contributed by atoms with van der Waals surface area (Å²) < 4.78 is 0. The van der Waals surface area contributed by atoms with Crippen molar-refractivity contribution in [2.45, 2.75) is 75.4 Å². The number of hydrogen-bond donors (Lipinski definition) is 1. The summed E-state index contributed by atoms with van der Waals surface area (Å²) in [6.45, 7) is 2.29. The minimum absolute atomic E-state index is 0.0138. The van der Waals surface area contributed by atoms with Crippen LogP contribution in [-0.2, 0) is 16.1 Å². The van der Waals surface area contributed by atoms with Crippen LogP contribution in [0.15, 0.2) is 53.4 Å². The van der Waals surface area contributed by atoms with Crippen molar-refractivity contribution >= 4 is 46.8 Å². The second-order valence-electron chi connectivity index (χ2n) is 8.43. The summed E-state index contributed by atoms with van der Waals surface area (Å²) in [4.78, 5) is 29.3. The lowest BCUT2D eigenvalue weighted by molar-refractivity contribution is -0.141. The molecule has 2 aromatic rings. The number of amides is 2. The predicted octanol–water partition coefficient (Wildman–Crippen LogP) is 6.73. The van der Waals surface area contributed by atoms with E-state index in [4.69, 9.17) is 23.2 Å². The summed E-state index contributed by atoms with van der Waals surface area (Å²) in [5, 5.41) is 4.50. The van der Waals surface area contributed by atoms with Crippen LogP contribution in [0, 0.1) is 0 Å². The van der Waals surface area contributed by atoms with Gasteiger partial charge in [-0.3, -0.25) is 9.59 Å². The molecule has 1 fully saturated rings. The van der Waals surface area contributed by atoms with E-state index >= 15 is 0 Å². The van der Waals surface area contributed by atoms with Crippen LogP contribution in [-0.4, -0.2) is 34.6 Å². The molecule has 0 spiro atoms. The van der Waals surface area contributed by atoms with Gasteiger partial charge < -0.3 is 10.2 Å². The van der Waals surface area contributed by atoms with E-state index in [1.54, 1.807) is 16.7 Å². The fraction of sp³-hybridized carbons (Fsp3) is 0.462. The van der Waals surface area contributed by atoms with Crippen molar-refractivity contribution < 1.29 is 9.59 Å². The molecule has 0 heterocycles. The first-order chi connectivity index (χ1) is 16.0. The van der Waals surface area contributed by atoms with Crippen molar-refractivity contribution in [3.63, 3.8) is 0 Å². The normalized spacial score (nSPS) is 14.8. The highest BCUT2D eigenvalue weighted by atomic mass is 35.5. The van der Waals surface area contributed by atoms with Crippen molar-refractivity contribution in [2.24, 2.45) is 0 Å². The maximum absolute atomic E-state index is 13.3. The van der Waals surface area contributed by atoms with E-state index in [-0.39, 0.29) is 17.9 Å². The van der Waals surface area contributed by atoms with E-state index in [1.807, 2.05) is 55.5 Å². The van der Waals surface area contributed by atoms with Gasteiger partial charge in [0.25, 0.3) is 0 Å². The molecule has 0 aliphatic heterocycles. The second-order valence-corrected chi connectivity index (χ2v) is 10.4. The number of benzene rings is 2. The lowest BCUT2D eigenvalue weighted by Gasteiger charge is -2.32. The molecule has 1 saturated carbocycles. The molecule has 1 atom stereocenters. The van der Waals surface area contributed by atoms with Gasteiger partial charge in [0, 0.05) is 33.9 Å². The minimum atomic E-state index is -0.502. The summed E-state index contributed by atoms with van der Waals surface area (Å²) in [6, 6.07) is 14.9. The van der Waals surface area contributed by atoms with Gasteiger partial charge in [-0.25, -0.2) is 0 Å². The van der Waals surface area contributed by atoms with Crippen LogP contribution in [0.25, 0.3) is 0 Å². The smallest absolute Gasteiger partial charge is 0.243 e. The van der Waals surface area contributed by atoms with Crippen molar-refractivity contribution in [2.75, 3.05) is 5.75 Å². The lowest BCUT2D eigenvalue weighted by atomic mass is 10.1.